The van der Waals surface area contributed by atoms with Crippen LogP contribution in [-0.2, 0) is 0 Å². The number of rotatable bonds is 4. The molecule has 3 heterocycles. The normalized spacial score (nSPS) is 21.4. The lowest BCUT2D eigenvalue weighted by Crippen LogP contribution is -2.25. The average Bonchev–Trinajstić information content (AvgIpc) is 3.23. The Balaban J connectivity index is 1.38. The monoisotopic (exact) mass is 329 g/mol. The fourth-order valence-corrected chi connectivity index (χ4v) is 3.84. The van der Waals surface area contributed by atoms with Crippen molar-refractivity contribution in [3.63, 3.8) is 0 Å². The number of hydrogen-bond donors (Lipinski definition) is 3. The van der Waals surface area contributed by atoms with Crippen LogP contribution in [0, 0.1) is 0 Å². The van der Waals surface area contributed by atoms with E-state index in [4.69, 9.17) is 0 Å². The second-order valence-electron chi connectivity index (χ2n) is 5.91. The molecule has 1 aliphatic rings. The molecule has 3 N–H and O–H groups in total. The summed E-state index contributed by atoms with van der Waals surface area (Å²) in [4.78, 5) is 3.09. The minimum Gasteiger partial charge on any atom is -0.363 e. The number of aromatic nitrogens is 5. The van der Waals surface area contributed by atoms with Gasteiger partial charge in [-0.2, -0.15) is 5.10 Å². The Bertz CT molecular complexity index is 788. The number of fused-ring (bicyclic) bond motifs is 1. The summed E-state index contributed by atoms with van der Waals surface area (Å²) in [6, 6.07) is 4.68. The van der Waals surface area contributed by atoms with Crippen molar-refractivity contribution in [3.8, 4) is 0 Å². The first-order valence-electron chi connectivity index (χ1n) is 7.90. The minimum atomic E-state index is 0.466. The average molecular weight is 329 g/mol. The van der Waals surface area contributed by atoms with Gasteiger partial charge in [-0.3, -0.25) is 0 Å². The van der Waals surface area contributed by atoms with E-state index in [2.05, 4.69) is 48.1 Å². The van der Waals surface area contributed by atoms with Gasteiger partial charge in [0.25, 0.3) is 0 Å². The molecular formula is C15H19N7S. The van der Waals surface area contributed by atoms with Gasteiger partial charge in [-0.15, -0.1) is 15.3 Å². The highest BCUT2D eigenvalue weighted by Gasteiger charge is 2.24. The van der Waals surface area contributed by atoms with Gasteiger partial charge in [-0.1, -0.05) is 11.3 Å². The van der Waals surface area contributed by atoms with Crippen LogP contribution < -0.4 is 10.6 Å². The van der Waals surface area contributed by atoms with Crippen molar-refractivity contribution < 1.29 is 0 Å². The number of hydrogen-bond acceptors (Lipinski definition) is 7. The van der Waals surface area contributed by atoms with Crippen LogP contribution in [0.1, 0.15) is 37.3 Å². The standard InChI is InChI=1S/C15H19N7S/c1-16-14-21-22-15(23-14)18-11-4-2-9(3-5-11)12-8-10-6-7-17-13(10)20-19-12/h6-9,11H,2-5H2,1H3,(H,16,21)(H,17,20)(H,18,22). The summed E-state index contributed by atoms with van der Waals surface area (Å²) in [6.45, 7) is 0. The zero-order valence-corrected chi connectivity index (χ0v) is 13.7. The molecule has 8 heteroatoms. The lowest BCUT2D eigenvalue weighted by atomic mass is 9.84. The van der Waals surface area contributed by atoms with Gasteiger partial charge >= 0.3 is 0 Å². The molecule has 0 aliphatic heterocycles. The van der Waals surface area contributed by atoms with E-state index in [1.165, 1.54) is 0 Å². The molecule has 3 aromatic heterocycles. The van der Waals surface area contributed by atoms with Gasteiger partial charge in [-0.05, 0) is 37.8 Å². The summed E-state index contributed by atoms with van der Waals surface area (Å²) in [7, 11) is 1.86. The highest BCUT2D eigenvalue weighted by molar-refractivity contribution is 7.19. The molecule has 1 aliphatic carbocycles. The van der Waals surface area contributed by atoms with Gasteiger partial charge in [0.15, 0.2) is 5.65 Å². The maximum Gasteiger partial charge on any atom is 0.207 e. The molecule has 0 radical (unpaired) electrons. The molecule has 0 unspecified atom stereocenters. The molecule has 0 aromatic carbocycles. The maximum atomic E-state index is 4.40. The van der Waals surface area contributed by atoms with E-state index in [1.807, 2.05) is 13.2 Å². The summed E-state index contributed by atoms with van der Waals surface area (Å²) in [5, 5.41) is 26.3. The highest BCUT2D eigenvalue weighted by atomic mass is 32.1. The van der Waals surface area contributed by atoms with Crippen LogP contribution >= 0.6 is 11.3 Å². The predicted molar refractivity (Wildman–Crippen MR) is 92.0 cm³/mol. The van der Waals surface area contributed by atoms with Crippen molar-refractivity contribution in [2.75, 3.05) is 17.7 Å². The Labute approximate surface area is 137 Å². The molecule has 0 atom stereocenters. The predicted octanol–water partition coefficient (Wildman–Crippen LogP) is 2.99. The molecule has 0 amide bonds. The Hall–Kier alpha value is -2.22. The van der Waals surface area contributed by atoms with Crippen molar-refractivity contribution in [2.45, 2.75) is 37.6 Å². The Morgan fingerprint density at radius 3 is 2.70 bits per heavy atom. The summed E-state index contributed by atoms with van der Waals surface area (Å²) in [5.41, 5.74) is 1.98. The first-order valence-corrected chi connectivity index (χ1v) is 8.72. The quantitative estimate of drug-likeness (QED) is 0.681. The summed E-state index contributed by atoms with van der Waals surface area (Å²) >= 11 is 1.56. The molecular weight excluding hydrogens is 310 g/mol. The van der Waals surface area contributed by atoms with Crippen LogP contribution in [0.2, 0.25) is 0 Å². The molecule has 0 saturated heterocycles. The zero-order chi connectivity index (χ0) is 15.6. The molecule has 1 saturated carbocycles. The van der Waals surface area contributed by atoms with Crippen LogP contribution in [0.15, 0.2) is 18.3 Å². The van der Waals surface area contributed by atoms with Crippen molar-refractivity contribution >= 4 is 32.6 Å². The van der Waals surface area contributed by atoms with E-state index < -0.39 is 0 Å². The third-order valence-corrected chi connectivity index (χ3v) is 5.31. The molecule has 23 heavy (non-hydrogen) atoms. The summed E-state index contributed by atoms with van der Waals surface area (Å²) in [5.74, 6) is 0.502. The van der Waals surface area contributed by atoms with Crippen molar-refractivity contribution in [2.24, 2.45) is 0 Å². The summed E-state index contributed by atoms with van der Waals surface area (Å²) in [6.07, 6.45) is 6.39. The molecule has 1 fully saturated rings. The minimum absolute atomic E-state index is 0.466. The van der Waals surface area contributed by atoms with Gasteiger partial charge in [0.05, 0.1) is 5.69 Å². The van der Waals surface area contributed by atoms with E-state index in [9.17, 15) is 0 Å². The molecule has 120 valence electrons. The highest BCUT2D eigenvalue weighted by Crippen LogP contribution is 2.34. The van der Waals surface area contributed by atoms with Crippen LogP contribution in [0.4, 0.5) is 10.3 Å². The van der Waals surface area contributed by atoms with Crippen LogP contribution in [0.25, 0.3) is 11.0 Å². The molecule has 3 aromatic rings. The van der Waals surface area contributed by atoms with E-state index in [0.29, 0.717) is 12.0 Å². The maximum absolute atomic E-state index is 4.40. The van der Waals surface area contributed by atoms with Crippen LogP contribution in [0.3, 0.4) is 0 Å². The van der Waals surface area contributed by atoms with Gasteiger partial charge in [0.1, 0.15) is 0 Å². The van der Waals surface area contributed by atoms with Crippen molar-refractivity contribution in [3.05, 3.63) is 24.0 Å². The van der Waals surface area contributed by atoms with E-state index in [-0.39, 0.29) is 0 Å². The Kier molecular flexibility index (Phi) is 3.82. The second kappa shape index (κ2) is 6.11. The van der Waals surface area contributed by atoms with Crippen molar-refractivity contribution in [1.29, 1.82) is 0 Å². The van der Waals surface area contributed by atoms with Crippen molar-refractivity contribution in [1.82, 2.24) is 25.4 Å². The van der Waals surface area contributed by atoms with Gasteiger partial charge < -0.3 is 15.6 Å². The molecule has 0 bridgehead atoms. The smallest absolute Gasteiger partial charge is 0.207 e. The van der Waals surface area contributed by atoms with Gasteiger partial charge in [0, 0.05) is 30.6 Å². The number of nitrogens with zero attached hydrogens (tertiary/aromatic N) is 4. The first-order chi connectivity index (χ1) is 11.3. The fraction of sp³-hybridized carbons (Fsp3) is 0.467. The van der Waals surface area contributed by atoms with Crippen LogP contribution in [0.5, 0.6) is 0 Å². The molecule has 7 nitrogen and oxygen atoms in total. The zero-order valence-electron chi connectivity index (χ0n) is 12.9. The van der Waals surface area contributed by atoms with E-state index in [0.717, 1.165) is 52.7 Å². The summed E-state index contributed by atoms with van der Waals surface area (Å²) < 4.78 is 0. The van der Waals surface area contributed by atoms with Gasteiger partial charge in [-0.25, -0.2) is 0 Å². The lowest BCUT2D eigenvalue weighted by molar-refractivity contribution is 0.405. The third kappa shape index (κ3) is 2.98. The Morgan fingerprint density at radius 1 is 1.09 bits per heavy atom. The Morgan fingerprint density at radius 2 is 1.91 bits per heavy atom. The lowest BCUT2D eigenvalue weighted by Gasteiger charge is -2.28. The number of aromatic amines is 1. The van der Waals surface area contributed by atoms with E-state index in [1.54, 1.807) is 11.3 Å². The first kappa shape index (κ1) is 14.4. The third-order valence-electron chi connectivity index (χ3n) is 4.44. The van der Waals surface area contributed by atoms with Crippen LogP contribution in [-0.4, -0.2) is 38.5 Å². The number of H-pyrrole nitrogens is 1. The number of nitrogens with one attached hydrogen (secondary N) is 3. The topological polar surface area (TPSA) is 91.4 Å². The number of anilines is 2. The molecule has 4 rings (SSSR count). The largest absolute Gasteiger partial charge is 0.363 e. The fourth-order valence-electron chi connectivity index (χ4n) is 3.16. The van der Waals surface area contributed by atoms with Gasteiger partial charge in [0.2, 0.25) is 10.3 Å². The second-order valence-corrected chi connectivity index (χ2v) is 6.88. The van der Waals surface area contributed by atoms with E-state index >= 15 is 0 Å². The molecule has 0 spiro atoms. The SMILES string of the molecule is CNc1nnc(NC2CCC(c3cc4cc[nH]c4nn3)CC2)s1.